The van der Waals surface area contributed by atoms with E-state index in [4.69, 9.17) is 4.74 Å². The molecular formula is C20H31Cl2N3O2. The van der Waals surface area contributed by atoms with Crippen LogP contribution in [-0.4, -0.2) is 57.2 Å². The van der Waals surface area contributed by atoms with E-state index >= 15 is 0 Å². The lowest BCUT2D eigenvalue weighted by molar-refractivity contribution is -0.145. The van der Waals surface area contributed by atoms with Gasteiger partial charge in [0.05, 0.1) is 18.2 Å². The van der Waals surface area contributed by atoms with Crippen molar-refractivity contribution in [2.45, 2.75) is 25.7 Å². The Morgan fingerprint density at radius 2 is 1.89 bits per heavy atom. The monoisotopic (exact) mass is 415 g/mol. The number of carbonyl (C=O) groups is 1. The first-order valence-electron chi connectivity index (χ1n) is 9.63. The number of carbonyl (C=O) groups excluding carboxylic acids is 1. The van der Waals surface area contributed by atoms with Crippen molar-refractivity contribution >= 4 is 36.4 Å². The number of para-hydroxylation sites is 2. The highest BCUT2D eigenvalue weighted by molar-refractivity contribution is 5.86. The van der Waals surface area contributed by atoms with E-state index < -0.39 is 0 Å². The SMILES string of the molecule is COc1ccccc1N1CCN(C(=O)[C@@]23CCCC[C@H]2CNC3)CC1.Cl.Cl. The number of amides is 1. The van der Waals surface area contributed by atoms with Crippen LogP contribution in [-0.2, 0) is 4.79 Å². The summed E-state index contributed by atoms with van der Waals surface area (Å²) in [5.74, 6) is 1.86. The molecule has 1 aromatic rings. The standard InChI is InChI=1S/C20H29N3O2.2ClH/c1-25-18-8-3-2-7-17(18)22-10-12-23(13-11-22)19(24)20-9-5-4-6-16(20)14-21-15-20;;/h2-3,7-8,16,21H,4-6,9-15H2,1H3;2*1H/t16-,20+;;/m0../s1. The average molecular weight is 416 g/mol. The van der Waals surface area contributed by atoms with E-state index in [-0.39, 0.29) is 30.2 Å². The van der Waals surface area contributed by atoms with Gasteiger partial charge in [-0.25, -0.2) is 0 Å². The molecule has 5 nitrogen and oxygen atoms in total. The number of piperazine rings is 1. The molecule has 7 heteroatoms. The van der Waals surface area contributed by atoms with Gasteiger partial charge in [-0.3, -0.25) is 4.79 Å². The van der Waals surface area contributed by atoms with Gasteiger partial charge in [0.25, 0.3) is 0 Å². The molecular weight excluding hydrogens is 385 g/mol. The summed E-state index contributed by atoms with van der Waals surface area (Å²) < 4.78 is 5.49. The minimum atomic E-state index is -0.120. The van der Waals surface area contributed by atoms with Gasteiger partial charge in [0.1, 0.15) is 5.75 Å². The first kappa shape index (κ1) is 22.1. The molecule has 2 aliphatic heterocycles. The van der Waals surface area contributed by atoms with Gasteiger partial charge >= 0.3 is 0 Å². The molecule has 1 saturated carbocycles. The van der Waals surface area contributed by atoms with Crippen LogP contribution < -0.4 is 15.0 Å². The molecule has 27 heavy (non-hydrogen) atoms. The molecule has 1 N–H and O–H groups in total. The number of ether oxygens (including phenoxy) is 1. The summed E-state index contributed by atoms with van der Waals surface area (Å²) in [4.78, 5) is 17.8. The number of rotatable bonds is 3. The van der Waals surface area contributed by atoms with Crippen LogP contribution in [0.25, 0.3) is 0 Å². The Balaban J connectivity index is 0.00000131. The number of nitrogens with one attached hydrogen (secondary N) is 1. The Hall–Kier alpha value is -1.17. The van der Waals surface area contributed by atoms with E-state index in [0.717, 1.165) is 57.1 Å². The normalized spacial score (nSPS) is 27.2. The Morgan fingerprint density at radius 3 is 2.63 bits per heavy atom. The number of methoxy groups -OCH3 is 1. The molecule has 1 amide bonds. The maximum absolute atomic E-state index is 13.4. The van der Waals surface area contributed by atoms with Gasteiger partial charge in [-0.1, -0.05) is 25.0 Å². The lowest BCUT2D eigenvalue weighted by Crippen LogP contribution is -2.56. The molecule has 3 fully saturated rings. The van der Waals surface area contributed by atoms with Crippen LogP contribution >= 0.6 is 24.8 Å². The van der Waals surface area contributed by atoms with Gasteiger partial charge < -0.3 is 19.9 Å². The highest BCUT2D eigenvalue weighted by Gasteiger charge is 2.51. The topological polar surface area (TPSA) is 44.8 Å². The van der Waals surface area contributed by atoms with E-state index in [1.54, 1.807) is 7.11 Å². The summed E-state index contributed by atoms with van der Waals surface area (Å²) >= 11 is 0. The smallest absolute Gasteiger partial charge is 0.230 e. The second kappa shape index (κ2) is 9.35. The van der Waals surface area contributed by atoms with Crippen LogP contribution in [0.4, 0.5) is 5.69 Å². The second-order valence-electron chi connectivity index (χ2n) is 7.68. The first-order valence-corrected chi connectivity index (χ1v) is 9.63. The fourth-order valence-electron chi connectivity index (χ4n) is 5.02. The van der Waals surface area contributed by atoms with Gasteiger partial charge in [0, 0.05) is 32.7 Å². The molecule has 0 bridgehead atoms. The lowest BCUT2D eigenvalue weighted by atomic mass is 9.67. The van der Waals surface area contributed by atoms with Crippen molar-refractivity contribution in [3.63, 3.8) is 0 Å². The molecule has 0 unspecified atom stereocenters. The Kier molecular flexibility index (Phi) is 7.66. The van der Waals surface area contributed by atoms with Crippen molar-refractivity contribution in [1.82, 2.24) is 10.2 Å². The Labute approximate surface area is 174 Å². The molecule has 0 radical (unpaired) electrons. The molecule has 1 aliphatic carbocycles. The van der Waals surface area contributed by atoms with Crippen LogP contribution in [0.1, 0.15) is 25.7 Å². The quantitative estimate of drug-likeness (QED) is 0.823. The van der Waals surface area contributed by atoms with E-state index in [1.807, 2.05) is 18.2 Å². The summed E-state index contributed by atoms with van der Waals surface area (Å²) in [5, 5.41) is 3.50. The minimum absolute atomic E-state index is 0. The molecule has 2 saturated heterocycles. The molecule has 152 valence electrons. The number of hydrogen-bond donors (Lipinski definition) is 1. The molecule has 3 aliphatic rings. The fraction of sp³-hybridized carbons (Fsp3) is 0.650. The first-order chi connectivity index (χ1) is 12.2. The van der Waals surface area contributed by atoms with Crippen LogP contribution in [0.5, 0.6) is 5.75 Å². The summed E-state index contributed by atoms with van der Waals surface area (Å²) in [6.45, 7) is 5.27. The van der Waals surface area contributed by atoms with E-state index in [1.165, 1.54) is 19.3 Å². The van der Waals surface area contributed by atoms with Gasteiger partial charge in [0.2, 0.25) is 5.91 Å². The van der Waals surface area contributed by atoms with Gasteiger partial charge in [0.15, 0.2) is 0 Å². The van der Waals surface area contributed by atoms with Crippen LogP contribution in [0.3, 0.4) is 0 Å². The molecule has 4 rings (SSSR count). The lowest BCUT2D eigenvalue weighted by Gasteiger charge is -2.44. The molecule has 0 aromatic heterocycles. The zero-order valence-electron chi connectivity index (χ0n) is 16.0. The zero-order chi connectivity index (χ0) is 17.3. The third-order valence-corrected chi connectivity index (χ3v) is 6.46. The van der Waals surface area contributed by atoms with Crippen molar-refractivity contribution in [2.24, 2.45) is 11.3 Å². The van der Waals surface area contributed by atoms with Gasteiger partial charge in [-0.05, 0) is 37.4 Å². The Morgan fingerprint density at radius 1 is 1.15 bits per heavy atom. The van der Waals surface area contributed by atoms with Crippen LogP contribution in [0, 0.1) is 11.3 Å². The minimum Gasteiger partial charge on any atom is -0.495 e. The summed E-state index contributed by atoms with van der Waals surface area (Å²) in [5.41, 5.74) is 1.01. The van der Waals surface area contributed by atoms with Crippen molar-refractivity contribution in [3.8, 4) is 5.75 Å². The van der Waals surface area contributed by atoms with Crippen molar-refractivity contribution in [2.75, 3.05) is 51.3 Å². The van der Waals surface area contributed by atoms with Crippen LogP contribution in [0.15, 0.2) is 24.3 Å². The molecule has 0 spiro atoms. The van der Waals surface area contributed by atoms with E-state index in [2.05, 4.69) is 21.2 Å². The Bertz CT molecular complexity index is 637. The highest BCUT2D eigenvalue weighted by atomic mass is 35.5. The summed E-state index contributed by atoms with van der Waals surface area (Å²) in [6.07, 6.45) is 4.75. The summed E-state index contributed by atoms with van der Waals surface area (Å²) in [7, 11) is 1.72. The average Bonchev–Trinajstić information content (AvgIpc) is 3.13. The van der Waals surface area contributed by atoms with Crippen molar-refractivity contribution in [1.29, 1.82) is 0 Å². The third-order valence-electron chi connectivity index (χ3n) is 6.46. The third kappa shape index (κ3) is 4.01. The molecule has 1 aromatic carbocycles. The number of benzene rings is 1. The van der Waals surface area contributed by atoms with Gasteiger partial charge in [-0.2, -0.15) is 0 Å². The number of hydrogen-bond acceptors (Lipinski definition) is 4. The molecule has 2 heterocycles. The fourth-order valence-corrected chi connectivity index (χ4v) is 5.02. The van der Waals surface area contributed by atoms with E-state index in [0.29, 0.717) is 11.8 Å². The van der Waals surface area contributed by atoms with Crippen LogP contribution in [0.2, 0.25) is 0 Å². The largest absolute Gasteiger partial charge is 0.495 e. The van der Waals surface area contributed by atoms with E-state index in [9.17, 15) is 4.79 Å². The number of nitrogens with zero attached hydrogens (tertiary/aromatic N) is 2. The maximum Gasteiger partial charge on any atom is 0.230 e. The predicted molar refractivity (Wildman–Crippen MR) is 114 cm³/mol. The maximum atomic E-state index is 13.4. The van der Waals surface area contributed by atoms with Crippen molar-refractivity contribution < 1.29 is 9.53 Å². The number of anilines is 1. The highest BCUT2D eigenvalue weighted by Crippen LogP contribution is 2.45. The second-order valence-corrected chi connectivity index (χ2v) is 7.68. The molecule has 2 atom stereocenters. The van der Waals surface area contributed by atoms with Crippen molar-refractivity contribution in [3.05, 3.63) is 24.3 Å². The predicted octanol–water partition coefficient (Wildman–Crippen LogP) is 2.97. The zero-order valence-corrected chi connectivity index (χ0v) is 17.6. The number of halogens is 2. The van der Waals surface area contributed by atoms with Gasteiger partial charge in [-0.15, -0.1) is 24.8 Å². The number of fused-ring (bicyclic) bond motifs is 1. The summed E-state index contributed by atoms with van der Waals surface area (Å²) in [6, 6.07) is 8.15.